The van der Waals surface area contributed by atoms with Gasteiger partial charge in [0.05, 0.1) is 6.10 Å². The maximum Gasteiger partial charge on any atom is 0.193 e. The standard InChI is InChI=1S/C19H31N3O2.HI/c1-3-15(2)16-5-7-17(8-6-16)22-19(20)21-11-4-12-24-18-9-13-23-14-10-18;/h5-8,15,18H,3-4,9-14H2,1-2H3,(H3,20,21,22);1H. The molecule has 5 nitrogen and oxygen atoms in total. The smallest absolute Gasteiger partial charge is 0.193 e. The van der Waals surface area contributed by atoms with Gasteiger partial charge >= 0.3 is 0 Å². The number of nitrogens with two attached hydrogens (primary N) is 1. The SMILES string of the molecule is CCC(C)c1ccc(NC(N)=NCCCOC2CCOCC2)cc1.I. The van der Waals surface area contributed by atoms with Crippen LogP contribution in [0.5, 0.6) is 0 Å². The molecule has 0 aliphatic carbocycles. The maximum atomic E-state index is 5.94. The third kappa shape index (κ3) is 8.37. The average Bonchev–Trinajstić information content (AvgIpc) is 2.62. The summed E-state index contributed by atoms with van der Waals surface area (Å²) in [6.45, 7) is 7.47. The molecule has 0 radical (unpaired) electrons. The highest BCUT2D eigenvalue weighted by Gasteiger charge is 2.13. The topological polar surface area (TPSA) is 68.9 Å². The molecular weight excluding hydrogens is 429 g/mol. The average molecular weight is 461 g/mol. The molecular formula is C19H32IN3O2. The van der Waals surface area contributed by atoms with Crippen molar-refractivity contribution in [1.82, 2.24) is 0 Å². The third-order valence-corrected chi connectivity index (χ3v) is 4.47. The van der Waals surface area contributed by atoms with Crippen LogP contribution in [0.1, 0.15) is 51.0 Å². The maximum absolute atomic E-state index is 5.94. The molecule has 1 aromatic rings. The predicted octanol–water partition coefficient (Wildman–Crippen LogP) is 4.13. The van der Waals surface area contributed by atoms with Gasteiger partial charge in [0, 0.05) is 32.1 Å². The van der Waals surface area contributed by atoms with Gasteiger partial charge in [-0.2, -0.15) is 0 Å². The zero-order valence-corrected chi connectivity index (χ0v) is 17.7. The molecule has 2 rings (SSSR count). The summed E-state index contributed by atoms with van der Waals surface area (Å²) in [6, 6.07) is 8.40. The Balaban J connectivity index is 0.00000312. The zero-order valence-electron chi connectivity index (χ0n) is 15.4. The molecule has 1 heterocycles. The molecule has 0 amide bonds. The number of hydrogen-bond donors (Lipinski definition) is 2. The number of halogens is 1. The van der Waals surface area contributed by atoms with Gasteiger partial charge in [0.15, 0.2) is 5.96 Å². The highest BCUT2D eigenvalue weighted by Crippen LogP contribution is 2.20. The van der Waals surface area contributed by atoms with E-state index in [4.69, 9.17) is 15.2 Å². The first kappa shape index (κ1) is 22.2. The molecule has 3 N–H and O–H groups in total. The fourth-order valence-corrected chi connectivity index (χ4v) is 2.67. The fourth-order valence-electron chi connectivity index (χ4n) is 2.67. The second kappa shape index (κ2) is 12.5. The molecule has 1 saturated heterocycles. The van der Waals surface area contributed by atoms with Crippen molar-refractivity contribution in [1.29, 1.82) is 0 Å². The lowest BCUT2D eigenvalue weighted by molar-refractivity contribution is -0.0318. The Labute approximate surface area is 168 Å². The normalized spacial score (nSPS) is 17.0. The van der Waals surface area contributed by atoms with Gasteiger partial charge in [-0.1, -0.05) is 26.0 Å². The lowest BCUT2D eigenvalue weighted by Crippen LogP contribution is -2.24. The molecule has 0 saturated carbocycles. The van der Waals surface area contributed by atoms with E-state index in [9.17, 15) is 0 Å². The number of rotatable bonds is 8. The summed E-state index contributed by atoms with van der Waals surface area (Å²) in [7, 11) is 0. The molecule has 0 bridgehead atoms. The quantitative estimate of drug-likeness (QED) is 0.265. The van der Waals surface area contributed by atoms with E-state index in [1.54, 1.807) is 0 Å². The van der Waals surface area contributed by atoms with Crippen molar-refractivity contribution in [3.63, 3.8) is 0 Å². The Morgan fingerprint density at radius 3 is 2.64 bits per heavy atom. The monoisotopic (exact) mass is 461 g/mol. The van der Waals surface area contributed by atoms with E-state index in [-0.39, 0.29) is 24.0 Å². The molecule has 1 aliphatic heterocycles. The third-order valence-electron chi connectivity index (χ3n) is 4.47. The van der Waals surface area contributed by atoms with Crippen molar-refractivity contribution in [2.75, 3.05) is 31.7 Å². The summed E-state index contributed by atoms with van der Waals surface area (Å²) in [4.78, 5) is 4.35. The van der Waals surface area contributed by atoms with Crippen molar-refractivity contribution in [3.05, 3.63) is 29.8 Å². The van der Waals surface area contributed by atoms with Crippen LogP contribution in [0, 0.1) is 0 Å². The van der Waals surface area contributed by atoms with E-state index in [0.29, 0.717) is 24.5 Å². The van der Waals surface area contributed by atoms with Crippen molar-refractivity contribution < 1.29 is 9.47 Å². The second-order valence-corrected chi connectivity index (χ2v) is 6.36. The summed E-state index contributed by atoms with van der Waals surface area (Å²) in [5.41, 5.74) is 8.26. The van der Waals surface area contributed by atoms with Gasteiger partial charge in [0.2, 0.25) is 0 Å². The minimum atomic E-state index is 0. The molecule has 6 heteroatoms. The van der Waals surface area contributed by atoms with Gasteiger partial charge in [0.25, 0.3) is 0 Å². The number of guanidine groups is 1. The number of nitrogens with one attached hydrogen (secondary N) is 1. The van der Waals surface area contributed by atoms with Gasteiger partial charge in [-0.3, -0.25) is 4.99 Å². The number of aliphatic imine (C=N–C) groups is 1. The molecule has 142 valence electrons. The van der Waals surface area contributed by atoms with E-state index in [0.717, 1.165) is 51.2 Å². The summed E-state index contributed by atoms with van der Waals surface area (Å²) in [5, 5.41) is 3.14. The first-order valence-electron chi connectivity index (χ1n) is 9.05. The van der Waals surface area contributed by atoms with E-state index in [2.05, 4.69) is 48.4 Å². The van der Waals surface area contributed by atoms with Crippen molar-refractivity contribution >= 4 is 35.6 Å². The number of hydrogen-bond acceptors (Lipinski definition) is 3. The Kier molecular flexibility index (Phi) is 11.1. The Morgan fingerprint density at radius 2 is 2.00 bits per heavy atom. The van der Waals surface area contributed by atoms with Gasteiger partial charge < -0.3 is 20.5 Å². The minimum Gasteiger partial charge on any atom is -0.381 e. The van der Waals surface area contributed by atoms with Gasteiger partial charge in [0.1, 0.15) is 0 Å². The highest BCUT2D eigenvalue weighted by molar-refractivity contribution is 14.0. The van der Waals surface area contributed by atoms with Crippen LogP contribution in [-0.2, 0) is 9.47 Å². The molecule has 1 unspecified atom stereocenters. The van der Waals surface area contributed by atoms with Crippen LogP contribution in [0.4, 0.5) is 5.69 Å². The molecule has 1 aliphatic rings. The number of nitrogens with zero attached hydrogens (tertiary/aromatic N) is 1. The van der Waals surface area contributed by atoms with Crippen LogP contribution in [0.3, 0.4) is 0 Å². The van der Waals surface area contributed by atoms with Crippen molar-refractivity contribution in [2.45, 2.75) is 51.6 Å². The zero-order chi connectivity index (χ0) is 17.2. The summed E-state index contributed by atoms with van der Waals surface area (Å²) < 4.78 is 11.1. The first-order valence-corrected chi connectivity index (χ1v) is 9.05. The summed E-state index contributed by atoms with van der Waals surface area (Å²) in [6.07, 6.45) is 4.38. The fraction of sp³-hybridized carbons (Fsp3) is 0.632. The van der Waals surface area contributed by atoms with Gasteiger partial charge in [-0.05, 0) is 49.3 Å². The minimum absolute atomic E-state index is 0. The molecule has 0 spiro atoms. The number of anilines is 1. The highest BCUT2D eigenvalue weighted by atomic mass is 127. The lowest BCUT2D eigenvalue weighted by Gasteiger charge is -2.22. The lowest BCUT2D eigenvalue weighted by atomic mass is 9.99. The molecule has 1 aromatic carbocycles. The van der Waals surface area contributed by atoms with Gasteiger partial charge in [-0.15, -0.1) is 24.0 Å². The van der Waals surface area contributed by atoms with Gasteiger partial charge in [-0.25, -0.2) is 0 Å². The Morgan fingerprint density at radius 1 is 1.32 bits per heavy atom. The van der Waals surface area contributed by atoms with Crippen LogP contribution in [0.25, 0.3) is 0 Å². The molecule has 1 atom stereocenters. The van der Waals surface area contributed by atoms with E-state index < -0.39 is 0 Å². The predicted molar refractivity (Wildman–Crippen MR) is 115 cm³/mol. The summed E-state index contributed by atoms with van der Waals surface area (Å²) in [5.74, 6) is 1.04. The van der Waals surface area contributed by atoms with E-state index in [1.807, 2.05) is 0 Å². The van der Waals surface area contributed by atoms with Crippen LogP contribution in [0.2, 0.25) is 0 Å². The molecule has 1 fully saturated rings. The molecule has 25 heavy (non-hydrogen) atoms. The first-order chi connectivity index (χ1) is 11.7. The van der Waals surface area contributed by atoms with Crippen molar-refractivity contribution in [2.24, 2.45) is 10.7 Å². The van der Waals surface area contributed by atoms with Crippen molar-refractivity contribution in [3.8, 4) is 0 Å². The largest absolute Gasteiger partial charge is 0.381 e. The number of ether oxygens (including phenoxy) is 2. The number of benzene rings is 1. The van der Waals surface area contributed by atoms with Crippen LogP contribution in [0.15, 0.2) is 29.3 Å². The second-order valence-electron chi connectivity index (χ2n) is 6.36. The van der Waals surface area contributed by atoms with Crippen LogP contribution < -0.4 is 11.1 Å². The Hall–Kier alpha value is -0.860. The summed E-state index contributed by atoms with van der Waals surface area (Å²) >= 11 is 0. The van der Waals surface area contributed by atoms with Crippen LogP contribution >= 0.6 is 24.0 Å². The molecule has 0 aromatic heterocycles. The van der Waals surface area contributed by atoms with E-state index in [1.165, 1.54) is 5.56 Å². The Bertz CT molecular complexity index is 502. The van der Waals surface area contributed by atoms with Crippen LogP contribution in [-0.4, -0.2) is 38.4 Å². The van der Waals surface area contributed by atoms with E-state index >= 15 is 0 Å².